The summed E-state index contributed by atoms with van der Waals surface area (Å²) in [4.78, 5) is 10.9. The van der Waals surface area contributed by atoms with Gasteiger partial charge >= 0.3 is 0 Å². The number of carbonyl (C=O) groups is 1. The molecular formula is C12H14ClN3O3S. The van der Waals surface area contributed by atoms with Crippen molar-refractivity contribution in [1.29, 1.82) is 5.26 Å². The van der Waals surface area contributed by atoms with Gasteiger partial charge in [-0.2, -0.15) is 9.57 Å². The van der Waals surface area contributed by atoms with Crippen LogP contribution in [-0.2, 0) is 14.8 Å². The van der Waals surface area contributed by atoms with E-state index < -0.39 is 28.5 Å². The van der Waals surface area contributed by atoms with Crippen molar-refractivity contribution in [2.75, 3.05) is 6.54 Å². The normalized spacial score (nSPS) is 11.6. The molecule has 1 rings (SSSR count). The lowest BCUT2D eigenvalue weighted by atomic mass is 10.2. The van der Waals surface area contributed by atoms with Crippen molar-refractivity contribution in [3.05, 3.63) is 28.8 Å². The summed E-state index contributed by atoms with van der Waals surface area (Å²) < 4.78 is 25.9. The third-order valence-corrected chi connectivity index (χ3v) is 4.89. The number of hydrogen-bond acceptors (Lipinski definition) is 4. The molecule has 0 atom stereocenters. The third-order valence-electron chi connectivity index (χ3n) is 2.56. The van der Waals surface area contributed by atoms with Crippen molar-refractivity contribution in [3.8, 4) is 6.07 Å². The molecule has 1 aromatic carbocycles. The van der Waals surface area contributed by atoms with Gasteiger partial charge in [0.1, 0.15) is 6.07 Å². The average molecular weight is 316 g/mol. The van der Waals surface area contributed by atoms with Crippen LogP contribution < -0.4 is 5.73 Å². The second-order valence-electron chi connectivity index (χ2n) is 4.36. The maximum atomic E-state index is 12.4. The van der Waals surface area contributed by atoms with Crippen LogP contribution in [0.2, 0.25) is 5.02 Å². The first-order valence-electron chi connectivity index (χ1n) is 5.70. The summed E-state index contributed by atoms with van der Waals surface area (Å²) in [5.41, 5.74) is 5.24. The van der Waals surface area contributed by atoms with Crippen molar-refractivity contribution >= 4 is 27.5 Å². The van der Waals surface area contributed by atoms with Crippen LogP contribution in [0.3, 0.4) is 0 Å². The van der Waals surface area contributed by atoms with E-state index in [9.17, 15) is 13.2 Å². The van der Waals surface area contributed by atoms with Crippen LogP contribution in [0.15, 0.2) is 23.1 Å². The number of sulfonamides is 1. The number of hydrogen-bond donors (Lipinski definition) is 1. The van der Waals surface area contributed by atoms with Gasteiger partial charge in [-0.15, -0.1) is 0 Å². The van der Waals surface area contributed by atoms with E-state index in [0.29, 0.717) is 0 Å². The Hall–Kier alpha value is -1.62. The van der Waals surface area contributed by atoms with E-state index in [1.807, 2.05) is 6.07 Å². The second-order valence-corrected chi connectivity index (χ2v) is 6.66. The second kappa shape index (κ2) is 6.22. The molecule has 20 heavy (non-hydrogen) atoms. The number of benzene rings is 1. The zero-order valence-corrected chi connectivity index (χ0v) is 12.6. The van der Waals surface area contributed by atoms with Gasteiger partial charge in [0.05, 0.1) is 22.0 Å². The van der Waals surface area contributed by atoms with Gasteiger partial charge in [0.2, 0.25) is 15.9 Å². The first-order chi connectivity index (χ1) is 9.20. The van der Waals surface area contributed by atoms with E-state index in [2.05, 4.69) is 0 Å². The number of halogens is 1. The number of rotatable bonds is 5. The standard InChI is InChI=1S/C12H14ClN3O3S/c1-8(2)16(7-12(15)17)20(18,19)10-4-3-9(6-14)11(13)5-10/h3-5,8H,7H2,1-2H3,(H2,15,17). The number of amides is 1. The molecule has 0 aliphatic rings. The van der Waals surface area contributed by atoms with Crippen molar-refractivity contribution in [3.63, 3.8) is 0 Å². The van der Waals surface area contributed by atoms with E-state index in [0.717, 1.165) is 4.31 Å². The lowest BCUT2D eigenvalue weighted by Gasteiger charge is -2.24. The van der Waals surface area contributed by atoms with Crippen LogP contribution in [-0.4, -0.2) is 31.2 Å². The van der Waals surface area contributed by atoms with Crippen LogP contribution >= 0.6 is 11.6 Å². The zero-order chi connectivity index (χ0) is 15.5. The molecule has 0 aliphatic heterocycles. The maximum absolute atomic E-state index is 12.4. The molecule has 2 N–H and O–H groups in total. The summed E-state index contributed by atoms with van der Waals surface area (Å²) in [7, 11) is -3.90. The number of carbonyl (C=O) groups excluding carboxylic acids is 1. The number of nitriles is 1. The van der Waals surface area contributed by atoms with Crippen molar-refractivity contribution in [1.82, 2.24) is 4.31 Å². The minimum absolute atomic E-state index is 0.0383. The molecule has 1 amide bonds. The van der Waals surface area contributed by atoms with Crippen LogP contribution in [0.1, 0.15) is 19.4 Å². The molecule has 0 radical (unpaired) electrons. The fourth-order valence-corrected chi connectivity index (χ4v) is 3.50. The molecule has 0 fully saturated rings. The topological polar surface area (TPSA) is 104 Å². The number of primary amides is 1. The lowest BCUT2D eigenvalue weighted by molar-refractivity contribution is -0.118. The van der Waals surface area contributed by atoms with Gasteiger partial charge in [0.25, 0.3) is 0 Å². The first-order valence-corrected chi connectivity index (χ1v) is 7.51. The summed E-state index contributed by atoms with van der Waals surface area (Å²) in [5.74, 6) is -0.748. The molecule has 0 aliphatic carbocycles. The van der Waals surface area contributed by atoms with Gasteiger partial charge in [-0.05, 0) is 32.0 Å². The molecule has 8 heteroatoms. The molecule has 0 saturated carbocycles. The first kappa shape index (κ1) is 16.4. The maximum Gasteiger partial charge on any atom is 0.243 e. The van der Waals surface area contributed by atoms with Gasteiger partial charge in [-0.3, -0.25) is 4.79 Å². The Bertz CT molecular complexity index is 665. The highest BCUT2D eigenvalue weighted by molar-refractivity contribution is 7.89. The number of nitrogens with two attached hydrogens (primary N) is 1. The molecular weight excluding hydrogens is 302 g/mol. The Morgan fingerprint density at radius 1 is 1.50 bits per heavy atom. The highest BCUT2D eigenvalue weighted by Crippen LogP contribution is 2.23. The predicted molar refractivity (Wildman–Crippen MR) is 74.4 cm³/mol. The fraction of sp³-hybridized carbons (Fsp3) is 0.333. The van der Waals surface area contributed by atoms with E-state index in [1.165, 1.54) is 18.2 Å². The van der Waals surface area contributed by atoms with Crippen LogP contribution in [0.4, 0.5) is 0 Å². The van der Waals surface area contributed by atoms with Crippen LogP contribution in [0.25, 0.3) is 0 Å². The Morgan fingerprint density at radius 2 is 2.10 bits per heavy atom. The lowest BCUT2D eigenvalue weighted by Crippen LogP contribution is -2.42. The van der Waals surface area contributed by atoms with Gasteiger partial charge in [-0.25, -0.2) is 8.42 Å². The zero-order valence-electron chi connectivity index (χ0n) is 11.0. The van der Waals surface area contributed by atoms with E-state index in [4.69, 9.17) is 22.6 Å². The van der Waals surface area contributed by atoms with Crippen molar-refractivity contribution in [2.45, 2.75) is 24.8 Å². The van der Waals surface area contributed by atoms with Gasteiger partial charge in [-0.1, -0.05) is 11.6 Å². The highest BCUT2D eigenvalue weighted by atomic mass is 35.5. The molecule has 0 aromatic heterocycles. The largest absolute Gasteiger partial charge is 0.369 e. The quantitative estimate of drug-likeness (QED) is 0.878. The van der Waals surface area contributed by atoms with E-state index in [-0.39, 0.29) is 15.5 Å². The summed E-state index contributed by atoms with van der Waals surface area (Å²) in [6, 6.07) is 5.18. The summed E-state index contributed by atoms with van der Waals surface area (Å²) >= 11 is 5.83. The summed E-state index contributed by atoms with van der Waals surface area (Å²) in [6.45, 7) is 2.84. The predicted octanol–water partition coefficient (Wildman–Crippen LogP) is 1.10. The Labute approximate surface area is 122 Å². The third kappa shape index (κ3) is 3.48. The molecule has 0 heterocycles. The minimum atomic E-state index is -3.90. The Kier molecular flexibility index (Phi) is 5.11. The Balaban J connectivity index is 3.30. The fourth-order valence-electron chi connectivity index (χ4n) is 1.58. The van der Waals surface area contributed by atoms with Gasteiger partial charge in [0, 0.05) is 6.04 Å². The van der Waals surface area contributed by atoms with Gasteiger partial charge < -0.3 is 5.73 Å². The smallest absolute Gasteiger partial charge is 0.243 e. The molecule has 1 aromatic rings. The minimum Gasteiger partial charge on any atom is -0.369 e. The molecule has 108 valence electrons. The monoisotopic (exact) mass is 315 g/mol. The average Bonchev–Trinajstić information content (AvgIpc) is 2.35. The van der Waals surface area contributed by atoms with E-state index >= 15 is 0 Å². The molecule has 0 unspecified atom stereocenters. The molecule has 0 bridgehead atoms. The summed E-state index contributed by atoms with van der Waals surface area (Å²) in [5, 5.41) is 8.81. The summed E-state index contributed by atoms with van der Waals surface area (Å²) in [6.07, 6.45) is 0. The molecule has 0 saturated heterocycles. The SMILES string of the molecule is CC(C)N(CC(N)=O)S(=O)(=O)c1ccc(C#N)c(Cl)c1. The highest BCUT2D eigenvalue weighted by Gasteiger charge is 2.28. The molecule has 6 nitrogen and oxygen atoms in total. The number of nitrogens with zero attached hydrogens (tertiary/aromatic N) is 2. The van der Waals surface area contributed by atoms with Crippen LogP contribution in [0.5, 0.6) is 0 Å². The van der Waals surface area contributed by atoms with Crippen molar-refractivity contribution < 1.29 is 13.2 Å². The van der Waals surface area contributed by atoms with Gasteiger partial charge in [0.15, 0.2) is 0 Å². The van der Waals surface area contributed by atoms with Crippen LogP contribution in [0, 0.1) is 11.3 Å². The Morgan fingerprint density at radius 3 is 2.50 bits per heavy atom. The molecule has 0 spiro atoms. The van der Waals surface area contributed by atoms with Crippen molar-refractivity contribution in [2.24, 2.45) is 5.73 Å². The van der Waals surface area contributed by atoms with E-state index in [1.54, 1.807) is 13.8 Å².